The molecule has 1 amide bonds. The van der Waals surface area contributed by atoms with Crippen LogP contribution in [0.2, 0.25) is 0 Å². The lowest BCUT2D eigenvalue weighted by Crippen LogP contribution is -2.37. The lowest BCUT2D eigenvalue weighted by atomic mass is 10.0. The van der Waals surface area contributed by atoms with Crippen molar-refractivity contribution in [3.05, 3.63) is 127 Å². The standard InChI is InChI=1S/C43H30F6N8O4/c1-16(58)21-10-56(29-4-2-17(44)6-25(29)46)37-19(33(21)59)8-27(48)40(52-37)55-13-24-32-36(43(24,32)15-55)51-41(61)22-11-57(30-5-3-18(45)7-26(30)47)38-20(34(22)60)9-28(49)39(53-38)54-12-23-31-35(50)42(23,31)14-54/h2-11,23-24,31-32,35-36H,12-15,50H2,1H3,(H,51,61). The van der Waals surface area contributed by atoms with Crippen molar-refractivity contribution in [3.8, 4) is 11.4 Å². The number of aromatic nitrogens is 4. The van der Waals surface area contributed by atoms with Gasteiger partial charge in [-0.15, -0.1) is 0 Å². The van der Waals surface area contributed by atoms with Crippen LogP contribution in [0.15, 0.2) is 70.5 Å². The number of pyridine rings is 4. The second-order valence-corrected chi connectivity index (χ2v) is 17.3. The minimum atomic E-state index is -1.01. The molecule has 6 fully saturated rings. The normalized spacial score (nSPS) is 28.4. The van der Waals surface area contributed by atoms with E-state index in [1.54, 1.807) is 9.80 Å². The Labute approximate surface area is 339 Å². The summed E-state index contributed by atoms with van der Waals surface area (Å²) in [5.74, 6) is -6.46. The van der Waals surface area contributed by atoms with Crippen molar-refractivity contribution in [2.75, 3.05) is 36.0 Å². The number of anilines is 2. The van der Waals surface area contributed by atoms with Crippen molar-refractivity contribution >= 4 is 45.4 Å². The minimum absolute atomic E-state index is 0.0126. The van der Waals surface area contributed by atoms with Gasteiger partial charge in [0.1, 0.15) is 28.8 Å². The molecule has 18 heteroatoms. The topological polar surface area (TPSA) is 148 Å². The molecule has 8 unspecified atom stereocenters. The van der Waals surface area contributed by atoms with Gasteiger partial charge in [0.05, 0.1) is 27.7 Å². The van der Waals surface area contributed by atoms with E-state index in [9.17, 15) is 28.0 Å². The highest BCUT2D eigenvalue weighted by atomic mass is 19.2. The maximum atomic E-state index is 15.9. The average Bonchev–Trinajstić information content (AvgIpc) is 4.18. The predicted octanol–water partition coefficient (Wildman–Crippen LogP) is 4.38. The molecule has 0 radical (unpaired) electrons. The summed E-state index contributed by atoms with van der Waals surface area (Å²) in [6.45, 7) is 2.65. The number of rotatable bonds is 7. The molecule has 8 atom stereocenters. The quantitative estimate of drug-likeness (QED) is 0.177. The summed E-state index contributed by atoms with van der Waals surface area (Å²) in [4.78, 5) is 65.9. The molecule has 4 saturated carbocycles. The molecular weight excluding hydrogens is 807 g/mol. The van der Waals surface area contributed by atoms with E-state index in [0.717, 1.165) is 64.8 Å². The number of benzene rings is 2. The zero-order valence-electron chi connectivity index (χ0n) is 31.7. The maximum absolute atomic E-state index is 15.9. The molecule has 3 N–H and O–H groups in total. The summed E-state index contributed by atoms with van der Waals surface area (Å²) >= 11 is 0. The number of nitrogens with zero attached hydrogens (tertiary/aromatic N) is 6. The molecule has 2 spiro atoms. The van der Waals surface area contributed by atoms with Gasteiger partial charge in [-0.25, -0.2) is 36.3 Å². The third-order valence-electron chi connectivity index (χ3n) is 14.4. The van der Waals surface area contributed by atoms with Crippen LogP contribution in [0.25, 0.3) is 33.4 Å². The van der Waals surface area contributed by atoms with Crippen LogP contribution in [0.5, 0.6) is 0 Å². The van der Waals surface area contributed by atoms with Gasteiger partial charge >= 0.3 is 0 Å². The van der Waals surface area contributed by atoms with Crippen molar-refractivity contribution in [2.24, 2.45) is 40.2 Å². The third-order valence-corrected chi connectivity index (χ3v) is 14.4. The van der Waals surface area contributed by atoms with Gasteiger partial charge in [0.2, 0.25) is 10.9 Å². The predicted molar refractivity (Wildman–Crippen MR) is 207 cm³/mol. The molecule has 0 bridgehead atoms. The second-order valence-electron chi connectivity index (χ2n) is 17.3. The average molecular weight is 837 g/mol. The van der Waals surface area contributed by atoms with Gasteiger partial charge in [0, 0.05) is 73.6 Å². The van der Waals surface area contributed by atoms with E-state index in [1.165, 1.54) is 0 Å². The van der Waals surface area contributed by atoms with Crippen molar-refractivity contribution in [1.29, 1.82) is 0 Å². The molecule has 2 aromatic carbocycles. The largest absolute Gasteiger partial charge is 0.353 e. The molecular formula is C43H30F6N8O4. The summed E-state index contributed by atoms with van der Waals surface area (Å²) in [6.07, 6.45) is 2.19. The Morgan fingerprint density at radius 3 is 1.67 bits per heavy atom. The van der Waals surface area contributed by atoms with Crippen LogP contribution in [0.1, 0.15) is 27.6 Å². The number of piperidine rings is 2. The van der Waals surface area contributed by atoms with Crippen molar-refractivity contribution < 1.29 is 35.9 Å². The number of hydrogen-bond acceptors (Lipinski definition) is 9. The first-order chi connectivity index (χ1) is 29.1. The number of Topliss-reactive ketones (excluding diaryl/α,β-unsaturated/α-hetero) is 1. The van der Waals surface area contributed by atoms with Gasteiger partial charge in [-0.2, -0.15) is 0 Å². The zero-order chi connectivity index (χ0) is 42.3. The molecule has 61 heavy (non-hydrogen) atoms. The Morgan fingerprint density at radius 2 is 1.18 bits per heavy atom. The van der Waals surface area contributed by atoms with Gasteiger partial charge in [0.15, 0.2) is 40.3 Å². The Hall–Kier alpha value is -6.56. The molecule has 12 rings (SSSR count). The van der Waals surface area contributed by atoms with Crippen LogP contribution in [0, 0.1) is 69.4 Å². The fraction of sp³-hybridized carbons (Fsp3) is 0.302. The van der Waals surface area contributed by atoms with Crippen LogP contribution in [0.3, 0.4) is 0 Å². The number of fused-ring (bicyclic) bond motifs is 4. The maximum Gasteiger partial charge on any atom is 0.257 e. The molecule has 2 aliphatic heterocycles. The number of amides is 1. The number of ketones is 1. The van der Waals surface area contributed by atoms with Crippen LogP contribution < -0.4 is 31.7 Å². The number of halogens is 6. The Kier molecular flexibility index (Phi) is 6.92. The third kappa shape index (κ3) is 4.70. The van der Waals surface area contributed by atoms with Crippen LogP contribution in [-0.2, 0) is 0 Å². The monoisotopic (exact) mass is 836 g/mol. The first kappa shape index (κ1) is 36.3. The highest BCUT2D eigenvalue weighted by Crippen LogP contribution is 2.82. The number of hydrogen-bond donors (Lipinski definition) is 2. The number of carbonyl (C=O) groups is 2. The first-order valence-corrected chi connectivity index (χ1v) is 19.6. The molecule has 4 aliphatic carbocycles. The first-order valence-electron chi connectivity index (χ1n) is 19.6. The van der Waals surface area contributed by atoms with E-state index in [0.29, 0.717) is 43.6 Å². The van der Waals surface area contributed by atoms with E-state index in [2.05, 4.69) is 15.3 Å². The smallest absolute Gasteiger partial charge is 0.257 e. The van der Waals surface area contributed by atoms with Gasteiger partial charge < -0.3 is 20.9 Å². The van der Waals surface area contributed by atoms with Gasteiger partial charge in [0.25, 0.3) is 5.91 Å². The van der Waals surface area contributed by atoms with Crippen LogP contribution in [-0.4, -0.2) is 69.1 Å². The molecule has 4 aromatic heterocycles. The van der Waals surface area contributed by atoms with Crippen LogP contribution in [0.4, 0.5) is 38.0 Å². The van der Waals surface area contributed by atoms with E-state index in [1.807, 2.05) is 0 Å². The van der Waals surface area contributed by atoms with Crippen LogP contribution >= 0.6 is 0 Å². The number of carbonyl (C=O) groups excluding carboxylic acids is 2. The van der Waals surface area contributed by atoms with Gasteiger partial charge in [-0.3, -0.25) is 28.3 Å². The number of nitrogens with two attached hydrogens (primary N) is 1. The Balaban J connectivity index is 0.860. The highest BCUT2D eigenvalue weighted by Gasteiger charge is 2.89. The fourth-order valence-corrected chi connectivity index (χ4v) is 11.1. The minimum Gasteiger partial charge on any atom is -0.353 e. The molecule has 12 nitrogen and oxygen atoms in total. The summed E-state index contributed by atoms with van der Waals surface area (Å²) in [5.41, 5.74) is 2.37. The zero-order valence-corrected chi connectivity index (χ0v) is 31.7. The van der Waals surface area contributed by atoms with E-state index >= 15 is 17.6 Å². The van der Waals surface area contributed by atoms with Crippen molar-refractivity contribution in [1.82, 2.24) is 24.4 Å². The SMILES string of the molecule is CC(=O)c1cn(-c2ccc(F)cc2F)c2nc(N3CC4C5C(NC(=O)c6cn(-c7ccc(F)cc7F)c7nc(N8CC9C%10C(N)C9%10C8)c(F)cc7c6=O)C45C3)c(F)cc2c1=O. The molecule has 2 saturated heterocycles. The van der Waals surface area contributed by atoms with E-state index in [-0.39, 0.29) is 80.5 Å². The molecule has 6 aromatic rings. The lowest BCUT2D eigenvalue weighted by molar-refractivity contribution is 0.0935. The van der Waals surface area contributed by atoms with Crippen molar-refractivity contribution in [2.45, 2.75) is 19.0 Å². The molecule has 308 valence electrons. The lowest BCUT2D eigenvalue weighted by Gasteiger charge is -2.21. The van der Waals surface area contributed by atoms with E-state index < -0.39 is 74.5 Å². The van der Waals surface area contributed by atoms with Gasteiger partial charge in [-0.1, -0.05) is 0 Å². The second kappa shape index (κ2) is 11.6. The molecule has 6 aliphatic rings. The fourth-order valence-electron chi connectivity index (χ4n) is 11.1. The summed E-state index contributed by atoms with van der Waals surface area (Å²) in [5, 5.41) is 2.29. The highest BCUT2D eigenvalue weighted by molar-refractivity contribution is 5.99. The molecule has 6 heterocycles. The van der Waals surface area contributed by atoms with Crippen molar-refractivity contribution in [3.63, 3.8) is 0 Å². The Bertz CT molecular complexity index is 3210. The Morgan fingerprint density at radius 1 is 0.689 bits per heavy atom. The summed E-state index contributed by atoms with van der Waals surface area (Å²) < 4.78 is 92.4. The van der Waals surface area contributed by atoms with E-state index in [4.69, 9.17) is 5.73 Å². The summed E-state index contributed by atoms with van der Waals surface area (Å²) in [6, 6.07) is 6.98. The summed E-state index contributed by atoms with van der Waals surface area (Å²) in [7, 11) is 0. The number of nitrogens with one attached hydrogen (secondary N) is 1. The van der Waals surface area contributed by atoms with Gasteiger partial charge in [-0.05, 0) is 67.0 Å².